The Morgan fingerprint density at radius 2 is 1.72 bits per heavy atom. The number of ether oxygens (including phenoxy) is 1. The molecule has 10 heteroatoms. The van der Waals surface area contributed by atoms with Gasteiger partial charge in [-0.15, -0.1) is 0 Å². The van der Waals surface area contributed by atoms with E-state index in [1.807, 2.05) is 0 Å². The molecule has 0 radical (unpaired) electrons. The number of hydrogen-bond acceptors (Lipinski definition) is 3. The first-order chi connectivity index (χ1) is 13.5. The number of halogens is 5. The number of fused-ring (bicyclic) bond motifs is 1. The maximum atomic E-state index is 12.6. The standard InChI is InChI=1S/C19H16F5NO3S/c20-18(21)28-16-7-3-14-10-17(8-4-13(14)9-16)29(26,27)25-11-12-1-5-15(6-2-12)19(22,23)24/h1-3,5-7,9-10,18,25H,4,8,11H2. The van der Waals surface area contributed by atoms with Crippen LogP contribution in [0.5, 0.6) is 5.75 Å². The van der Waals surface area contributed by atoms with Crippen LogP contribution >= 0.6 is 0 Å². The van der Waals surface area contributed by atoms with E-state index >= 15 is 0 Å². The molecule has 0 saturated heterocycles. The number of nitrogens with one attached hydrogen (secondary N) is 1. The fourth-order valence-electron chi connectivity index (χ4n) is 2.91. The lowest BCUT2D eigenvalue weighted by Crippen LogP contribution is -2.25. The Hall–Kier alpha value is -2.46. The molecule has 0 aromatic heterocycles. The van der Waals surface area contributed by atoms with Gasteiger partial charge in [0.1, 0.15) is 5.75 Å². The Morgan fingerprint density at radius 3 is 2.34 bits per heavy atom. The van der Waals surface area contributed by atoms with Gasteiger partial charge in [-0.05, 0) is 59.9 Å². The van der Waals surface area contributed by atoms with E-state index in [4.69, 9.17) is 0 Å². The zero-order chi connectivity index (χ0) is 21.2. The van der Waals surface area contributed by atoms with Crippen molar-refractivity contribution in [3.63, 3.8) is 0 Å². The SMILES string of the molecule is O=S(=O)(NCc1ccc(C(F)(F)F)cc1)C1=Cc2ccc(OC(F)F)cc2CC1. The summed E-state index contributed by atoms with van der Waals surface area (Å²) in [6.45, 7) is -3.11. The molecule has 1 N–H and O–H groups in total. The van der Waals surface area contributed by atoms with Crippen molar-refractivity contribution < 1.29 is 35.1 Å². The number of alkyl halides is 5. The van der Waals surface area contributed by atoms with Gasteiger partial charge in [-0.3, -0.25) is 0 Å². The second kappa shape index (κ2) is 8.11. The molecule has 156 valence electrons. The van der Waals surface area contributed by atoms with Crippen molar-refractivity contribution in [1.82, 2.24) is 4.72 Å². The van der Waals surface area contributed by atoms with Crippen molar-refractivity contribution in [2.45, 2.75) is 32.2 Å². The first-order valence-corrected chi connectivity index (χ1v) is 9.97. The molecule has 4 nitrogen and oxygen atoms in total. The number of aryl methyl sites for hydroxylation is 1. The van der Waals surface area contributed by atoms with E-state index in [1.165, 1.54) is 36.4 Å². The largest absolute Gasteiger partial charge is 0.435 e. The third-order valence-electron chi connectivity index (χ3n) is 4.39. The summed E-state index contributed by atoms with van der Waals surface area (Å²) < 4.78 is 94.1. The molecule has 0 heterocycles. The number of sulfonamides is 1. The van der Waals surface area contributed by atoms with Crippen molar-refractivity contribution >= 4 is 16.1 Å². The molecule has 3 rings (SSSR count). The monoisotopic (exact) mass is 433 g/mol. The van der Waals surface area contributed by atoms with Crippen LogP contribution in [0.15, 0.2) is 47.4 Å². The van der Waals surface area contributed by atoms with Gasteiger partial charge in [-0.25, -0.2) is 13.1 Å². The molecule has 1 aliphatic carbocycles. The van der Waals surface area contributed by atoms with E-state index in [9.17, 15) is 30.4 Å². The zero-order valence-electron chi connectivity index (χ0n) is 14.8. The highest BCUT2D eigenvalue weighted by Crippen LogP contribution is 2.31. The summed E-state index contributed by atoms with van der Waals surface area (Å²) in [4.78, 5) is 0.111. The number of rotatable bonds is 6. The Bertz CT molecular complexity index is 1020. The van der Waals surface area contributed by atoms with E-state index < -0.39 is 28.4 Å². The third kappa shape index (κ3) is 5.33. The first kappa shape index (κ1) is 21.3. The predicted octanol–water partition coefficient (Wildman–Crippen LogP) is 4.71. The Kier molecular flexibility index (Phi) is 5.95. The number of allylic oxidation sites excluding steroid dienone is 1. The van der Waals surface area contributed by atoms with Crippen LogP contribution < -0.4 is 9.46 Å². The lowest BCUT2D eigenvalue weighted by molar-refractivity contribution is -0.137. The summed E-state index contributed by atoms with van der Waals surface area (Å²) in [5, 5.41) is 0. The topological polar surface area (TPSA) is 55.4 Å². The van der Waals surface area contributed by atoms with Crippen LogP contribution in [0.4, 0.5) is 22.0 Å². The molecule has 1 aliphatic rings. The quantitative estimate of drug-likeness (QED) is 0.672. The van der Waals surface area contributed by atoms with Gasteiger partial charge in [0.15, 0.2) is 0 Å². The van der Waals surface area contributed by atoms with Crippen molar-refractivity contribution in [2.75, 3.05) is 0 Å². The summed E-state index contributed by atoms with van der Waals surface area (Å²) in [7, 11) is -3.85. The van der Waals surface area contributed by atoms with Crippen LogP contribution in [0.3, 0.4) is 0 Å². The molecule has 0 aliphatic heterocycles. The highest BCUT2D eigenvalue weighted by Gasteiger charge is 2.30. The Balaban J connectivity index is 1.70. The van der Waals surface area contributed by atoms with Crippen LogP contribution in [-0.4, -0.2) is 15.0 Å². The zero-order valence-corrected chi connectivity index (χ0v) is 15.7. The molecule has 2 aromatic carbocycles. The van der Waals surface area contributed by atoms with Gasteiger partial charge in [0.2, 0.25) is 10.0 Å². The van der Waals surface area contributed by atoms with E-state index in [1.54, 1.807) is 0 Å². The molecule has 0 atom stereocenters. The maximum absolute atomic E-state index is 12.6. The van der Waals surface area contributed by atoms with Gasteiger partial charge in [-0.2, -0.15) is 22.0 Å². The fraction of sp³-hybridized carbons (Fsp3) is 0.263. The molecular formula is C19H16F5NO3S. The molecule has 0 unspecified atom stereocenters. The Labute approximate surface area is 164 Å². The van der Waals surface area contributed by atoms with Crippen LogP contribution in [0, 0.1) is 0 Å². The molecule has 0 saturated carbocycles. The van der Waals surface area contributed by atoms with Crippen molar-refractivity contribution in [1.29, 1.82) is 0 Å². The molecule has 2 aromatic rings. The number of benzene rings is 2. The fourth-order valence-corrected chi connectivity index (χ4v) is 4.11. The summed E-state index contributed by atoms with van der Waals surface area (Å²) in [6, 6.07) is 8.46. The second-order valence-corrected chi connectivity index (χ2v) is 8.19. The highest BCUT2D eigenvalue weighted by molar-refractivity contribution is 7.93. The van der Waals surface area contributed by atoms with Gasteiger partial charge in [0.25, 0.3) is 0 Å². The van der Waals surface area contributed by atoms with E-state index in [0.717, 1.165) is 12.1 Å². The van der Waals surface area contributed by atoms with Gasteiger partial charge >= 0.3 is 12.8 Å². The van der Waals surface area contributed by atoms with Crippen LogP contribution in [0.1, 0.15) is 28.7 Å². The minimum absolute atomic E-state index is 0.00103. The average Bonchev–Trinajstić information content (AvgIpc) is 2.65. The van der Waals surface area contributed by atoms with Gasteiger partial charge in [0.05, 0.1) is 10.5 Å². The maximum Gasteiger partial charge on any atom is 0.416 e. The second-order valence-electron chi connectivity index (χ2n) is 6.37. The lowest BCUT2D eigenvalue weighted by Gasteiger charge is -2.18. The van der Waals surface area contributed by atoms with Crippen LogP contribution in [0.2, 0.25) is 0 Å². The predicted molar refractivity (Wildman–Crippen MR) is 96.6 cm³/mol. The van der Waals surface area contributed by atoms with E-state index in [2.05, 4.69) is 9.46 Å². The van der Waals surface area contributed by atoms with Gasteiger partial charge < -0.3 is 4.74 Å². The third-order valence-corrected chi connectivity index (χ3v) is 5.93. The van der Waals surface area contributed by atoms with Crippen LogP contribution in [-0.2, 0) is 29.2 Å². The summed E-state index contributed by atoms with van der Waals surface area (Å²) in [5.74, 6) is -0.00103. The minimum Gasteiger partial charge on any atom is -0.435 e. The molecular weight excluding hydrogens is 417 g/mol. The van der Waals surface area contributed by atoms with Crippen molar-refractivity contribution in [2.24, 2.45) is 0 Å². The summed E-state index contributed by atoms with van der Waals surface area (Å²) in [5.41, 5.74) is 0.829. The van der Waals surface area contributed by atoms with Gasteiger partial charge in [0, 0.05) is 6.54 Å². The number of hydrogen-bond donors (Lipinski definition) is 1. The van der Waals surface area contributed by atoms with Crippen molar-refractivity contribution in [3.8, 4) is 5.75 Å². The van der Waals surface area contributed by atoms with Crippen molar-refractivity contribution in [3.05, 3.63) is 69.6 Å². The Morgan fingerprint density at radius 1 is 1.03 bits per heavy atom. The molecule has 29 heavy (non-hydrogen) atoms. The first-order valence-electron chi connectivity index (χ1n) is 8.49. The lowest BCUT2D eigenvalue weighted by atomic mass is 9.97. The molecule has 0 fully saturated rings. The van der Waals surface area contributed by atoms with Crippen LogP contribution in [0.25, 0.3) is 6.08 Å². The minimum atomic E-state index is -4.46. The normalized spacial score (nSPS) is 14.5. The summed E-state index contributed by atoms with van der Waals surface area (Å²) in [6.07, 6.45) is -2.53. The smallest absolute Gasteiger partial charge is 0.416 e. The average molecular weight is 433 g/mol. The van der Waals surface area contributed by atoms with Gasteiger partial charge in [-0.1, -0.05) is 18.2 Å². The molecule has 0 bridgehead atoms. The molecule has 0 amide bonds. The highest BCUT2D eigenvalue weighted by atomic mass is 32.2. The molecule has 0 spiro atoms. The van der Waals surface area contributed by atoms with E-state index in [-0.39, 0.29) is 23.6 Å². The van der Waals surface area contributed by atoms with E-state index in [0.29, 0.717) is 23.1 Å². The summed E-state index contributed by atoms with van der Waals surface area (Å²) >= 11 is 0.